The van der Waals surface area contributed by atoms with E-state index in [0.29, 0.717) is 29.2 Å². The third-order valence-corrected chi connectivity index (χ3v) is 4.52. The monoisotopic (exact) mass is 411 g/mol. The molecular weight excluding hydrogens is 394 g/mol. The second kappa shape index (κ2) is 8.42. The SMILES string of the molecule is N#Cc1cccc(-c2cc(-c3cn(Cc4cccc(CC(=O)O)c4)nn3)nc(N)n2)c1. The number of carboxylic acids is 1. The fraction of sp³-hybridized carbons (Fsp3) is 0.0909. The van der Waals surface area contributed by atoms with Gasteiger partial charge in [-0.1, -0.05) is 41.6 Å². The molecule has 3 N–H and O–H groups in total. The summed E-state index contributed by atoms with van der Waals surface area (Å²) >= 11 is 0. The number of nitrogens with two attached hydrogens (primary N) is 1. The Kier molecular flexibility index (Phi) is 5.36. The first-order chi connectivity index (χ1) is 15.0. The molecule has 2 aromatic carbocycles. The van der Waals surface area contributed by atoms with Crippen LogP contribution in [0.15, 0.2) is 60.8 Å². The van der Waals surface area contributed by atoms with E-state index in [9.17, 15) is 4.79 Å². The Morgan fingerprint density at radius 1 is 1.03 bits per heavy atom. The number of carbonyl (C=O) groups is 1. The number of nitrogen functional groups attached to an aromatic ring is 1. The summed E-state index contributed by atoms with van der Waals surface area (Å²) in [6.07, 6.45) is 1.70. The van der Waals surface area contributed by atoms with Gasteiger partial charge in [0.15, 0.2) is 0 Å². The van der Waals surface area contributed by atoms with Gasteiger partial charge in [-0.05, 0) is 29.3 Å². The summed E-state index contributed by atoms with van der Waals surface area (Å²) in [6.45, 7) is 0.429. The average Bonchev–Trinajstić information content (AvgIpc) is 3.21. The summed E-state index contributed by atoms with van der Waals surface area (Å²) in [5.41, 5.74) is 10.4. The Hall–Kier alpha value is -4.58. The predicted molar refractivity (Wildman–Crippen MR) is 112 cm³/mol. The number of benzene rings is 2. The summed E-state index contributed by atoms with van der Waals surface area (Å²) in [6, 6.07) is 18.2. The quantitative estimate of drug-likeness (QED) is 0.492. The third kappa shape index (κ3) is 4.71. The molecule has 4 aromatic rings. The molecule has 2 heterocycles. The molecule has 0 atom stereocenters. The standard InChI is InChI=1S/C22H17N7O2/c23-11-15-4-2-6-17(8-15)18-10-19(26-22(24)25-18)20-13-29(28-27-20)12-16-5-1-3-14(7-16)9-21(30)31/h1-8,10,13H,9,12H2,(H,30,31)(H2,24,25,26). The molecule has 0 radical (unpaired) electrons. The summed E-state index contributed by atoms with van der Waals surface area (Å²) in [4.78, 5) is 19.5. The van der Waals surface area contributed by atoms with Crippen LogP contribution in [0.2, 0.25) is 0 Å². The number of aliphatic carboxylic acids is 1. The first-order valence-electron chi connectivity index (χ1n) is 9.35. The van der Waals surface area contributed by atoms with Crippen LogP contribution in [-0.2, 0) is 17.8 Å². The van der Waals surface area contributed by atoms with E-state index in [4.69, 9.17) is 16.1 Å². The molecule has 0 saturated heterocycles. The van der Waals surface area contributed by atoms with Gasteiger partial charge in [-0.2, -0.15) is 5.26 Å². The second-order valence-corrected chi connectivity index (χ2v) is 6.88. The van der Waals surface area contributed by atoms with Crippen molar-refractivity contribution in [3.63, 3.8) is 0 Å². The number of rotatable bonds is 6. The van der Waals surface area contributed by atoms with Crippen LogP contribution in [0.3, 0.4) is 0 Å². The van der Waals surface area contributed by atoms with E-state index in [2.05, 4.69) is 26.3 Å². The van der Waals surface area contributed by atoms with Crippen LogP contribution in [0.4, 0.5) is 5.95 Å². The largest absolute Gasteiger partial charge is 0.481 e. The van der Waals surface area contributed by atoms with Crippen molar-refractivity contribution in [1.29, 1.82) is 5.26 Å². The van der Waals surface area contributed by atoms with Gasteiger partial charge in [-0.15, -0.1) is 5.10 Å². The van der Waals surface area contributed by atoms with Gasteiger partial charge in [0.25, 0.3) is 0 Å². The summed E-state index contributed by atoms with van der Waals surface area (Å²) in [7, 11) is 0. The van der Waals surface area contributed by atoms with Crippen molar-refractivity contribution >= 4 is 11.9 Å². The minimum Gasteiger partial charge on any atom is -0.481 e. The van der Waals surface area contributed by atoms with Crippen LogP contribution in [0, 0.1) is 11.3 Å². The molecule has 0 bridgehead atoms. The molecular formula is C22H17N7O2. The molecule has 31 heavy (non-hydrogen) atoms. The molecule has 0 aliphatic carbocycles. The van der Waals surface area contributed by atoms with Crippen LogP contribution in [0.5, 0.6) is 0 Å². The fourth-order valence-electron chi connectivity index (χ4n) is 3.19. The van der Waals surface area contributed by atoms with Crippen molar-refractivity contribution in [3.8, 4) is 28.7 Å². The molecule has 4 rings (SSSR count). The molecule has 2 aromatic heterocycles. The molecule has 0 aliphatic rings. The number of carboxylic acid groups (broad SMARTS) is 1. The van der Waals surface area contributed by atoms with Gasteiger partial charge < -0.3 is 10.8 Å². The number of anilines is 1. The van der Waals surface area contributed by atoms with Crippen molar-refractivity contribution in [3.05, 3.63) is 77.5 Å². The van der Waals surface area contributed by atoms with Gasteiger partial charge in [0.2, 0.25) is 5.95 Å². The van der Waals surface area contributed by atoms with E-state index in [0.717, 1.165) is 16.7 Å². The Morgan fingerprint density at radius 3 is 2.61 bits per heavy atom. The van der Waals surface area contributed by atoms with Crippen molar-refractivity contribution < 1.29 is 9.90 Å². The number of hydrogen-bond acceptors (Lipinski definition) is 7. The lowest BCUT2D eigenvalue weighted by Gasteiger charge is -2.05. The van der Waals surface area contributed by atoms with Crippen LogP contribution >= 0.6 is 0 Å². The van der Waals surface area contributed by atoms with Crippen molar-refractivity contribution in [2.45, 2.75) is 13.0 Å². The summed E-state index contributed by atoms with van der Waals surface area (Å²) < 4.78 is 1.64. The van der Waals surface area contributed by atoms with Crippen LogP contribution in [0.1, 0.15) is 16.7 Å². The van der Waals surface area contributed by atoms with Gasteiger partial charge in [-0.25, -0.2) is 14.6 Å². The Bertz CT molecular complexity index is 1310. The van der Waals surface area contributed by atoms with Crippen molar-refractivity contribution in [2.24, 2.45) is 0 Å². The second-order valence-electron chi connectivity index (χ2n) is 6.88. The number of hydrogen-bond donors (Lipinski definition) is 2. The van der Waals surface area contributed by atoms with Crippen molar-refractivity contribution in [1.82, 2.24) is 25.0 Å². The van der Waals surface area contributed by atoms with E-state index in [1.54, 1.807) is 41.2 Å². The van der Waals surface area contributed by atoms with Gasteiger partial charge in [0, 0.05) is 5.56 Å². The highest BCUT2D eigenvalue weighted by atomic mass is 16.4. The normalized spacial score (nSPS) is 10.5. The highest BCUT2D eigenvalue weighted by Gasteiger charge is 2.11. The van der Waals surface area contributed by atoms with E-state index in [1.165, 1.54) is 0 Å². The van der Waals surface area contributed by atoms with Gasteiger partial charge in [0.1, 0.15) is 5.69 Å². The number of nitriles is 1. The molecule has 0 fully saturated rings. The maximum atomic E-state index is 10.9. The highest BCUT2D eigenvalue weighted by molar-refractivity contribution is 5.70. The maximum absolute atomic E-state index is 10.9. The van der Waals surface area contributed by atoms with Crippen LogP contribution in [-0.4, -0.2) is 36.0 Å². The van der Waals surface area contributed by atoms with Crippen LogP contribution in [0.25, 0.3) is 22.6 Å². The zero-order valence-corrected chi connectivity index (χ0v) is 16.3. The number of nitrogens with zero attached hydrogens (tertiary/aromatic N) is 6. The summed E-state index contributed by atoms with van der Waals surface area (Å²) in [5, 5.41) is 26.4. The maximum Gasteiger partial charge on any atom is 0.307 e. The Morgan fingerprint density at radius 2 is 1.81 bits per heavy atom. The molecule has 0 amide bonds. The Labute approximate surface area is 177 Å². The summed E-state index contributed by atoms with van der Waals surface area (Å²) in [5.74, 6) is -0.788. The fourth-order valence-corrected chi connectivity index (χ4v) is 3.19. The molecule has 152 valence electrons. The molecule has 0 saturated carbocycles. The van der Waals surface area contributed by atoms with Crippen molar-refractivity contribution in [2.75, 3.05) is 5.73 Å². The van der Waals surface area contributed by atoms with Gasteiger partial charge in [0.05, 0.1) is 42.2 Å². The highest BCUT2D eigenvalue weighted by Crippen LogP contribution is 2.24. The Balaban J connectivity index is 1.60. The lowest BCUT2D eigenvalue weighted by atomic mass is 10.1. The minimum absolute atomic E-state index is 0.0353. The van der Waals surface area contributed by atoms with Crippen LogP contribution < -0.4 is 5.73 Å². The number of aromatic nitrogens is 5. The molecule has 0 unspecified atom stereocenters. The molecule has 9 heteroatoms. The lowest BCUT2D eigenvalue weighted by molar-refractivity contribution is -0.136. The minimum atomic E-state index is -0.877. The first-order valence-corrected chi connectivity index (χ1v) is 9.35. The molecule has 0 aliphatic heterocycles. The lowest BCUT2D eigenvalue weighted by Crippen LogP contribution is -2.03. The zero-order chi connectivity index (χ0) is 21.8. The van der Waals surface area contributed by atoms with E-state index < -0.39 is 5.97 Å². The molecule has 9 nitrogen and oxygen atoms in total. The van der Waals surface area contributed by atoms with Gasteiger partial charge in [-0.3, -0.25) is 4.79 Å². The van der Waals surface area contributed by atoms with E-state index in [-0.39, 0.29) is 12.4 Å². The average molecular weight is 411 g/mol. The van der Waals surface area contributed by atoms with E-state index in [1.807, 2.05) is 24.3 Å². The molecule has 0 spiro atoms. The zero-order valence-electron chi connectivity index (χ0n) is 16.3. The predicted octanol–water partition coefficient (Wildman–Crippen LogP) is 2.53. The van der Waals surface area contributed by atoms with E-state index >= 15 is 0 Å². The third-order valence-electron chi connectivity index (χ3n) is 4.52. The topological polar surface area (TPSA) is 144 Å². The van der Waals surface area contributed by atoms with Gasteiger partial charge >= 0.3 is 5.97 Å². The smallest absolute Gasteiger partial charge is 0.307 e. The first kappa shape index (κ1) is 19.7.